The summed E-state index contributed by atoms with van der Waals surface area (Å²) < 4.78 is 6.29. The van der Waals surface area contributed by atoms with Crippen molar-refractivity contribution in [2.45, 2.75) is 25.5 Å². The number of imide groups is 1. The van der Waals surface area contributed by atoms with Crippen molar-refractivity contribution in [1.82, 2.24) is 4.90 Å². The predicted molar refractivity (Wildman–Crippen MR) is 93.6 cm³/mol. The van der Waals surface area contributed by atoms with E-state index in [9.17, 15) is 9.59 Å². The van der Waals surface area contributed by atoms with Gasteiger partial charge in [0.2, 0.25) is 0 Å². The Morgan fingerprint density at radius 1 is 1.24 bits per heavy atom. The first-order chi connectivity index (χ1) is 11.9. The standard InChI is InChI=1S/C19H19N3O3/c1-12-8-9-15-14(10-12)22-18(24)21(17(20)23)11-19(22,2)16(25-15)13-6-4-3-5-7-13/h3-10,16H,11H2,1-2H3,(H2,20,23). The molecule has 4 rings (SSSR count). The minimum atomic E-state index is -0.748. The molecule has 6 nitrogen and oxygen atoms in total. The first kappa shape index (κ1) is 15.5. The highest BCUT2D eigenvalue weighted by Gasteiger charge is 2.57. The number of nitrogens with zero attached hydrogens (tertiary/aromatic N) is 2. The summed E-state index contributed by atoms with van der Waals surface area (Å²) >= 11 is 0. The van der Waals surface area contributed by atoms with Crippen molar-refractivity contribution in [2.75, 3.05) is 11.4 Å². The number of rotatable bonds is 1. The van der Waals surface area contributed by atoms with Crippen molar-refractivity contribution in [3.8, 4) is 5.75 Å². The van der Waals surface area contributed by atoms with E-state index in [4.69, 9.17) is 10.5 Å². The zero-order chi connectivity index (χ0) is 17.8. The van der Waals surface area contributed by atoms with Gasteiger partial charge in [0, 0.05) is 0 Å². The highest BCUT2D eigenvalue weighted by Crippen LogP contribution is 2.50. The Labute approximate surface area is 145 Å². The van der Waals surface area contributed by atoms with Crippen LogP contribution in [0.4, 0.5) is 15.3 Å². The number of urea groups is 2. The lowest BCUT2D eigenvalue weighted by atomic mass is 9.86. The van der Waals surface area contributed by atoms with Gasteiger partial charge in [-0.3, -0.25) is 4.90 Å². The van der Waals surface area contributed by atoms with E-state index in [2.05, 4.69) is 0 Å². The van der Waals surface area contributed by atoms with Gasteiger partial charge in [-0.2, -0.15) is 0 Å². The minimum absolute atomic E-state index is 0.175. The molecule has 0 bridgehead atoms. The molecule has 2 atom stereocenters. The number of nitrogens with two attached hydrogens (primary N) is 1. The van der Waals surface area contributed by atoms with Gasteiger partial charge >= 0.3 is 12.1 Å². The Morgan fingerprint density at radius 3 is 2.64 bits per heavy atom. The summed E-state index contributed by atoms with van der Waals surface area (Å²) in [4.78, 5) is 27.4. The lowest BCUT2D eigenvalue weighted by Gasteiger charge is -2.45. The van der Waals surface area contributed by atoms with Gasteiger partial charge in [-0.1, -0.05) is 36.4 Å². The summed E-state index contributed by atoms with van der Waals surface area (Å²) in [6.45, 7) is 4.05. The maximum Gasteiger partial charge on any atom is 0.333 e. The van der Waals surface area contributed by atoms with Crippen LogP contribution in [0.5, 0.6) is 5.75 Å². The zero-order valence-corrected chi connectivity index (χ0v) is 14.1. The topological polar surface area (TPSA) is 75.9 Å². The van der Waals surface area contributed by atoms with Gasteiger partial charge in [0.25, 0.3) is 0 Å². The predicted octanol–water partition coefficient (Wildman–Crippen LogP) is 3.21. The van der Waals surface area contributed by atoms with Gasteiger partial charge in [0.15, 0.2) is 0 Å². The minimum Gasteiger partial charge on any atom is -0.481 e. The third-order valence-corrected chi connectivity index (χ3v) is 4.94. The highest BCUT2D eigenvalue weighted by atomic mass is 16.5. The van der Waals surface area contributed by atoms with Crippen LogP contribution in [0.1, 0.15) is 24.2 Å². The third kappa shape index (κ3) is 2.17. The number of hydrogen-bond acceptors (Lipinski definition) is 3. The number of aryl methyl sites for hydroxylation is 1. The van der Waals surface area contributed by atoms with Crippen molar-refractivity contribution >= 4 is 17.7 Å². The van der Waals surface area contributed by atoms with Gasteiger partial charge in [0.1, 0.15) is 17.4 Å². The smallest absolute Gasteiger partial charge is 0.333 e. The molecule has 2 unspecified atom stereocenters. The second-order valence-corrected chi connectivity index (χ2v) is 6.78. The number of amides is 4. The van der Waals surface area contributed by atoms with Crippen LogP contribution in [0.15, 0.2) is 48.5 Å². The number of fused-ring (bicyclic) bond motifs is 3. The Balaban J connectivity index is 1.92. The zero-order valence-electron chi connectivity index (χ0n) is 14.1. The molecule has 0 saturated carbocycles. The van der Waals surface area contributed by atoms with E-state index < -0.39 is 23.7 Å². The molecule has 0 spiro atoms. The second-order valence-electron chi connectivity index (χ2n) is 6.78. The van der Waals surface area contributed by atoms with Crippen molar-refractivity contribution in [3.63, 3.8) is 0 Å². The van der Waals surface area contributed by atoms with Gasteiger partial charge in [-0.15, -0.1) is 0 Å². The molecular formula is C19H19N3O3. The van der Waals surface area contributed by atoms with Crippen LogP contribution in [0, 0.1) is 6.92 Å². The summed E-state index contributed by atoms with van der Waals surface area (Å²) in [6.07, 6.45) is -0.405. The molecule has 0 aliphatic carbocycles. The van der Waals surface area contributed by atoms with Crippen molar-refractivity contribution in [2.24, 2.45) is 5.73 Å². The summed E-state index contributed by atoms with van der Waals surface area (Å²) in [5.41, 5.74) is 7.31. The Hall–Kier alpha value is -3.02. The monoisotopic (exact) mass is 337 g/mol. The Kier molecular flexibility index (Phi) is 3.25. The number of carbonyl (C=O) groups is 2. The quantitative estimate of drug-likeness (QED) is 0.868. The average molecular weight is 337 g/mol. The van der Waals surface area contributed by atoms with E-state index >= 15 is 0 Å². The SMILES string of the molecule is Cc1ccc2c(c1)N1C(=O)N(C(N)=O)CC1(C)C(c1ccccc1)O2. The molecule has 2 N–H and O–H groups in total. The molecule has 2 aromatic rings. The van der Waals surface area contributed by atoms with Crippen LogP contribution in [-0.2, 0) is 0 Å². The number of carbonyl (C=O) groups excluding carboxylic acids is 2. The lowest BCUT2D eigenvalue weighted by Crippen LogP contribution is -2.54. The fourth-order valence-electron chi connectivity index (χ4n) is 3.76. The van der Waals surface area contributed by atoms with E-state index in [0.717, 1.165) is 16.0 Å². The number of ether oxygens (including phenoxy) is 1. The fourth-order valence-corrected chi connectivity index (χ4v) is 3.76. The number of anilines is 1. The van der Waals surface area contributed by atoms with Gasteiger partial charge < -0.3 is 10.5 Å². The lowest BCUT2D eigenvalue weighted by molar-refractivity contribution is 0.108. The van der Waals surface area contributed by atoms with Gasteiger partial charge in [-0.05, 0) is 37.1 Å². The molecule has 2 aliphatic heterocycles. The fraction of sp³-hybridized carbons (Fsp3) is 0.263. The molecule has 6 heteroatoms. The van der Waals surface area contributed by atoms with Crippen LogP contribution >= 0.6 is 0 Å². The largest absolute Gasteiger partial charge is 0.481 e. The van der Waals surface area contributed by atoms with Gasteiger partial charge in [-0.25, -0.2) is 14.5 Å². The van der Waals surface area contributed by atoms with Gasteiger partial charge in [0.05, 0.1) is 12.2 Å². The molecule has 2 heterocycles. The van der Waals surface area contributed by atoms with Crippen LogP contribution < -0.4 is 15.4 Å². The molecular weight excluding hydrogens is 318 g/mol. The summed E-state index contributed by atoms with van der Waals surface area (Å²) in [6, 6.07) is 14.3. The van der Waals surface area contributed by atoms with E-state index in [1.165, 1.54) is 0 Å². The molecule has 0 aromatic heterocycles. The molecule has 1 saturated heterocycles. The van der Waals surface area contributed by atoms with Crippen LogP contribution in [0.2, 0.25) is 0 Å². The normalized spacial score (nSPS) is 24.6. The Bertz CT molecular complexity index is 867. The second kappa shape index (κ2) is 5.24. The molecule has 2 aromatic carbocycles. The first-order valence-electron chi connectivity index (χ1n) is 8.15. The number of benzene rings is 2. The first-order valence-corrected chi connectivity index (χ1v) is 8.15. The highest BCUT2D eigenvalue weighted by molar-refractivity contribution is 6.06. The average Bonchev–Trinajstić information content (AvgIpc) is 2.87. The van der Waals surface area contributed by atoms with E-state index in [1.807, 2.05) is 62.4 Å². The molecule has 25 heavy (non-hydrogen) atoms. The summed E-state index contributed by atoms with van der Waals surface area (Å²) in [7, 11) is 0. The van der Waals surface area contributed by atoms with E-state index in [-0.39, 0.29) is 6.54 Å². The maximum atomic E-state index is 12.9. The Morgan fingerprint density at radius 2 is 1.96 bits per heavy atom. The van der Waals surface area contributed by atoms with E-state index in [0.29, 0.717) is 11.4 Å². The third-order valence-electron chi connectivity index (χ3n) is 4.94. The van der Waals surface area contributed by atoms with Crippen molar-refractivity contribution in [1.29, 1.82) is 0 Å². The molecule has 2 aliphatic rings. The molecule has 1 fully saturated rings. The summed E-state index contributed by atoms with van der Waals surface area (Å²) in [5, 5.41) is 0. The molecule has 4 amide bonds. The van der Waals surface area contributed by atoms with E-state index in [1.54, 1.807) is 4.90 Å². The van der Waals surface area contributed by atoms with Crippen LogP contribution in [0.25, 0.3) is 0 Å². The maximum absolute atomic E-state index is 12.9. The molecule has 128 valence electrons. The number of hydrogen-bond donors (Lipinski definition) is 1. The van der Waals surface area contributed by atoms with Crippen LogP contribution in [0.3, 0.4) is 0 Å². The number of primary amides is 1. The van der Waals surface area contributed by atoms with Crippen molar-refractivity contribution < 1.29 is 14.3 Å². The van der Waals surface area contributed by atoms with Crippen molar-refractivity contribution in [3.05, 3.63) is 59.7 Å². The molecule has 0 radical (unpaired) electrons. The summed E-state index contributed by atoms with van der Waals surface area (Å²) in [5.74, 6) is 0.622. The van der Waals surface area contributed by atoms with Crippen LogP contribution in [-0.4, -0.2) is 29.0 Å².